The zero-order chi connectivity index (χ0) is 13.8. The first kappa shape index (κ1) is 15.3. The fourth-order valence-electron chi connectivity index (χ4n) is 4.17. The second kappa shape index (κ2) is 7.08. The van der Waals surface area contributed by atoms with Crippen molar-refractivity contribution in [2.24, 2.45) is 17.8 Å². The van der Waals surface area contributed by atoms with Crippen LogP contribution in [0.4, 0.5) is 0 Å². The number of hydrogen-bond acceptors (Lipinski definition) is 2. The minimum atomic E-state index is 0.749. The van der Waals surface area contributed by atoms with E-state index in [0.29, 0.717) is 0 Å². The Morgan fingerprint density at radius 2 is 1.95 bits per heavy atom. The van der Waals surface area contributed by atoms with Gasteiger partial charge in [0.15, 0.2) is 0 Å². The van der Waals surface area contributed by atoms with Gasteiger partial charge in [-0.15, -0.1) is 0 Å². The van der Waals surface area contributed by atoms with Gasteiger partial charge in [-0.1, -0.05) is 34.1 Å². The van der Waals surface area contributed by atoms with Crippen molar-refractivity contribution in [3.8, 4) is 0 Å². The van der Waals surface area contributed by atoms with E-state index in [-0.39, 0.29) is 0 Å². The van der Waals surface area contributed by atoms with Gasteiger partial charge in [-0.3, -0.25) is 4.90 Å². The van der Waals surface area contributed by atoms with E-state index in [9.17, 15) is 0 Å². The van der Waals surface area contributed by atoms with Crippen LogP contribution in [-0.4, -0.2) is 36.6 Å². The molecular formula is C17H34N2. The summed E-state index contributed by atoms with van der Waals surface area (Å²) in [6, 6.07) is 1.56. The van der Waals surface area contributed by atoms with E-state index in [1.807, 2.05) is 0 Å². The third-order valence-corrected chi connectivity index (χ3v) is 5.64. The second-order valence-corrected chi connectivity index (χ2v) is 7.11. The SMILES string of the molecule is CCNC1CCC(CC)CC1N1CCC(C(C)C)C1. The molecule has 1 N–H and O–H groups in total. The van der Waals surface area contributed by atoms with Gasteiger partial charge in [-0.25, -0.2) is 0 Å². The minimum Gasteiger partial charge on any atom is -0.313 e. The molecule has 4 atom stereocenters. The Hall–Kier alpha value is -0.0800. The third-order valence-electron chi connectivity index (χ3n) is 5.64. The van der Waals surface area contributed by atoms with E-state index >= 15 is 0 Å². The lowest BCUT2D eigenvalue weighted by atomic mass is 9.80. The van der Waals surface area contributed by atoms with Crippen LogP contribution in [0.3, 0.4) is 0 Å². The Labute approximate surface area is 120 Å². The van der Waals surface area contributed by atoms with E-state index in [0.717, 1.165) is 36.4 Å². The third kappa shape index (κ3) is 3.72. The number of likely N-dealkylation sites (N-methyl/N-ethyl adjacent to an activating group) is 1. The van der Waals surface area contributed by atoms with Gasteiger partial charge < -0.3 is 5.32 Å². The highest BCUT2D eigenvalue weighted by Gasteiger charge is 2.37. The summed E-state index contributed by atoms with van der Waals surface area (Å²) in [6.07, 6.45) is 7.05. The Kier molecular flexibility index (Phi) is 5.70. The molecule has 112 valence electrons. The Morgan fingerprint density at radius 3 is 2.53 bits per heavy atom. The molecule has 0 aromatic carbocycles. The molecule has 1 heterocycles. The smallest absolute Gasteiger partial charge is 0.0252 e. The number of nitrogens with zero attached hydrogens (tertiary/aromatic N) is 1. The summed E-state index contributed by atoms with van der Waals surface area (Å²) in [7, 11) is 0. The predicted octanol–water partition coefficient (Wildman–Crippen LogP) is 3.52. The van der Waals surface area contributed by atoms with Crippen LogP contribution in [0.1, 0.15) is 59.8 Å². The fourth-order valence-corrected chi connectivity index (χ4v) is 4.17. The van der Waals surface area contributed by atoms with Crippen LogP contribution in [0.25, 0.3) is 0 Å². The molecule has 2 fully saturated rings. The van der Waals surface area contributed by atoms with Crippen LogP contribution < -0.4 is 5.32 Å². The maximum atomic E-state index is 3.76. The first-order valence-electron chi connectivity index (χ1n) is 8.63. The molecule has 2 nitrogen and oxygen atoms in total. The molecule has 2 rings (SSSR count). The molecule has 0 aromatic rings. The lowest BCUT2D eigenvalue weighted by Gasteiger charge is -2.41. The maximum Gasteiger partial charge on any atom is 0.0252 e. The van der Waals surface area contributed by atoms with Crippen LogP contribution in [0.5, 0.6) is 0 Å². The molecular weight excluding hydrogens is 232 g/mol. The average molecular weight is 266 g/mol. The Bertz CT molecular complexity index is 264. The van der Waals surface area contributed by atoms with E-state index in [4.69, 9.17) is 0 Å². The van der Waals surface area contributed by atoms with E-state index in [1.54, 1.807) is 0 Å². The summed E-state index contributed by atoms with van der Waals surface area (Å²) in [6.45, 7) is 13.2. The molecule has 1 saturated carbocycles. The highest BCUT2D eigenvalue weighted by atomic mass is 15.2. The molecule has 0 aromatic heterocycles. The fraction of sp³-hybridized carbons (Fsp3) is 1.00. The van der Waals surface area contributed by atoms with Gasteiger partial charge in [0.2, 0.25) is 0 Å². The van der Waals surface area contributed by atoms with Gasteiger partial charge in [0.1, 0.15) is 0 Å². The topological polar surface area (TPSA) is 15.3 Å². The molecule has 1 aliphatic carbocycles. The van der Waals surface area contributed by atoms with E-state index in [1.165, 1.54) is 45.2 Å². The van der Waals surface area contributed by atoms with Crippen LogP contribution in [0.15, 0.2) is 0 Å². The average Bonchev–Trinajstić information content (AvgIpc) is 2.89. The number of rotatable bonds is 5. The molecule has 1 saturated heterocycles. The van der Waals surface area contributed by atoms with Crippen molar-refractivity contribution in [2.75, 3.05) is 19.6 Å². The van der Waals surface area contributed by atoms with Crippen LogP contribution >= 0.6 is 0 Å². The molecule has 4 unspecified atom stereocenters. The molecule has 0 bridgehead atoms. The quantitative estimate of drug-likeness (QED) is 0.819. The molecule has 19 heavy (non-hydrogen) atoms. The first-order valence-corrected chi connectivity index (χ1v) is 8.63. The maximum absolute atomic E-state index is 3.76. The summed E-state index contributed by atoms with van der Waals surface area (Å²) < 4.78 is 0. The summed E-state index contributed by atoms with van der Waals surface area (Å²) in [5.41, 5.74) is 0. The molecule has 0 spiro atoms. The zero-order valence-electron chi connectivity index (χ0n) is 13.5. The summed E-state index contributed by atoms with van der Waals surface area (Å²) >= 11 is 0. The summed E-state index contributed by atoms with van der Waals surface area (Å²) in [5.74, 6) is 2.76. The van der Waals surface area contributed by atoms with E-state index in [2.05, 4.69) is 37.9 Å². The largest absolute Gasteiger partial charge is 0.313 e. The van der Waals surface area contributed by atoms with Crippen molar-refractivity contribution in [1.29, 1.82) is 0 Å². The van der Waals surface area contributed by atoms with Gasteiger partial charge in [0, 0.05) is 18.6 Å². The molecule has 2 heteroatoms. The zero-order valence-corrected chi connectivity index (χ0v) is 13.5. The van der Waals surface area contributed by atoms with Crippen LogP contribution in [0, 0.1) is 17.8 Å². The lowest BCUT2D eigenvalue weighted by Crippen LogP contribution is -2.52. The molecule has 0 amide bonds. The van der Waals surface area contributed by atoms with Gasteiger partial charge in [0.25, 0.3) is 0 Å². The lowest BCUT2D eigenvalue weighted by molar-refractivity contribution is 0.111. The van der Waals surface area contributed by atoms with Crippen molar-refractivity contribution in [2.45, 2.75) is 71.9 Å². The van der Waals surface area contributed by atoms with Crippen molar-refractivity contribution in [1.82, 2.24) is 10.2 Å². The monoisotopic (exact) mass is 266 g/mol. The number of likely N-dealkylation sites (tertiary alicyclic amines) is 1. The highest BCUT2D eigenvalue weighted by molar-refractivity contribution is 4.94. The first-order chi connectivity index (χ1) is 9.15. The highest BCUT2D eigenvalue weighted by Crippen LogP contribution is 2.34. The molecule has 1 aliphatic heterocycles. The standard InChI is InChI=1S/C17H34N2/c1-5-14-7-8-16(18-6-2)17(11-14)19-10-9-15(12-19)13(3)4/h13-18H,5-12H2,1-4H3. The van der Waals surface area contributed by atoms with Crippen molar-refractivity contribution in [3.05, 3.63) is 0 Å². The molecule has 2 aliphatic rings. The predicted molar refractivity (Wildman–Crippen MR) is 83.4 cm³/mol. The van der Waals surface area contributed by atoms with Gasteiger partial charge in [0.05, 0.1) is 0 Å². The van der Waals surface area contributed by atoms with Gasteiger partial charge in [-0.2, -0.15) is 0 Å². The molecule has 0 radical (unpaired) electrons. The Balaban J connectivity index is 1.97. The van der Waals surface area contributed by atoms with Gasteiger partial charge in [-0.05, 0) is 56.5 Å². The van der Waals surface area contributed by atoms with Crippen molar-refractivity contribution < 1.29 is 0 Å². The second-order valence-electron chi connectivity index (χ2n) is 7.11. The summed E-state index contributed by atoms with van der Waals surface area (Å²) in [5, 5.41) is 3.76. The van der Waals surface area contributed by atoms with E-state index < -0.39 is 0 Å². The van der Waals surface area contributed by atoms with Crippen molar-refractivity contribution >= 4 is 0 Å². The normalized spacial score (nSPS) is 37.1. The van der Waals surface area contributed by atoms with Crippen molar-refractivity contribution in [3.63, 3.8) is 0 Å². The van der Waals surface area contributed by atoms with Crippen LogP contribution in [-0.2, 0) is 0 Å². The van der Waals surface area contributed by atoms with Gasteiger partial charge >= 0.3 is 0 Å². The number of nitrogens with one attached hydrogen (secondary N) is 1. The Morgan fingerprint density at radius 1 is 1.16 bits per heavy atom. The summed E-state index contributed by atoms with van der Waals surface area (Å²) in [4.78, 5) is 2.82. The minimum absolute atomic E-state index is 0.749. The number of hydrogen-bond donors (Lipinski definition) is 1. The van der Waals surface area contributed by atoms with Crippen LogP contribution in [0.2, 0.25) is 0 Å².